The van der Waals surface area contributed by atoms with Crippen LogP contribution in [0, 0.1) is 23.0 Å². The Morgan fingerprint density at radius 2 is 1.39 bits per heavy atom. The van der Waals surface area contributed by atoms with Crippen molar-refractivity contribution in [1.29, 1.82) is 5.26 Å². The van der Waals surface area contributed by atoms with Gasteiger partial charge in [-0.25, -0.2) is 8.78 Å². The Hall–Kier alpha value is -2.93. The average molecular weight is 301 g/mol. The highest BCUT2D eigenvalue weighted by Crippen LogP contribution is 2.27. The second kappa shape index (κ2) is 6.06. The van der Waals surface area contributed by atoms with E-state index in [9.17, 15) is 8.78 Å². The van der Waals surface area contributed by atoms with Gasteiger partial charge in [-0.15, -0.1) is 0 Å². The predicted molar refractivity (Wildman–Crippen MR) is 87.3 cm³/mol. The van der Waals surface area contributed by atoms with Gasteiger partial charge in [-0.2, -0.15) is 5.26 Å². The lowest BCUT2D eigenvalue weighted by Gasteiger charge is -2.07. The normalized spacial score (nSPS) is 10.3. The van der Waals surface area contributed by atoms with Crippen LogP contribution < -0.4 is 5.46 Å². The highest BCUT2D eigenvalue weighted by molar-refractivity contribution is 6.32. The summed E-state index contributed by atoms with van der Waals surface area (Å²) in [4.78, 5) is 0. The summed E-state index contributed by atoms with van der Waals surface area (Å²) in [6, 6.07) is 17.9. The second-order valence-electron chi connectivity index (χ2n) is 5.12. The van der Waals surface area contributed by atoms with Crippen LogP contribution in [0.15, 0.2) is 60.7 Å². The lowest BCUT2D eigenvalue weighted by atomic mass is 9.92. The summed E-state index contributed by atoms with van der Waals surface area (Å²) in [5.74, 6) is -0.944. The molecule has 0 unspecified atom stereocenters. The molecule has 1 nitrogen and oxygen atoms in total. The van der Waals surface area contributed by atoms with E-state index in [1.165, 1.54) is 18.2 Å². The first-order valence-electron chi connectivity index (χ1n) is 6.94. The van der Waals surface area contributed by atoms with Gasteiger partial charge in [0.2, 0.25) is 0 Å². The minimum absolute atomic E-state index is 0.00863. The molecule has 0 heterocycles. The molecule has 0 fully saturated rings. The fourth-order valence-electron chi connectivity index (χ4n) is 2.39. The van der Waals surface area contributed by atoms with E-state index in [4.69, 9.17) is 13.1 Å². The molecule has 3 aromatic carbocycles. The number of hydrogen-bond acceptors (Lipinski definition) is 1. The summed E-state index contributed by atoms with van der Waals surface area (Å²) in [7, 11) is 5.55. The standard InChI is InChI=1S/C19H10BF2N/c20-16-7-8-17(19(22)10-16)13-3-1-12(2-4-13)14-5-6-15(11-23)18(21)9-14/h1-10H. The molecule has 0 aromatic heterocycles. The van der Waals surface area contributed by atoms with Crippen LogP contribution in [0.4, 0.5) is 8.78 Å². The van der Waals surface area contributed by atoms with Crippen LogP contribution in [0.25, 0.3) is 22.3 Å². The van der Waals surface area contributed by atoms with Crippen molar-refractivity contribution >= 4 is 13.3 Å². The summed E-state index contributed by atoms with van der Waals surface area (Å²) in [5.41, 5.74) is 2.99. The van der Waals surface area contributed by atoms with Crippen LogP contribution in [-0.2, 0) is 0 Å². The average Bonchev–Trinajstić information content (AvgIpc) is 2.55. The summed E-state index contributed by atoms with van der Waals surface area (Å²) in [6.07, 6.45) is 0. The Balaban J connectivity index is 1.96. The van der Waals surface area contributed by atoms with Crippen molar-refractivity contribution in [3.05, 3.63) is 77.9 Å². The Morgan fingerprint density at radius 1 is 0.739 bits per heavy atom. The molecule has 4 heteroatoms. The maximum atomic E-state index is 13.9. The van der Waals surface area contributed by atoms with Crippen molar-refractivity contribution in [2.24, 2.45) is 0 Å². The zero-order chi connectivity index (χ0) is 16.4. The molecular formula is C19H10BF2N. The first-order chi connectivity index (χ1) is 11.1. The monoisotopic (exact) mass is 301 g/mol. The topological polar surface area (TPSA) is 23.8 Å². The summed E-state index contributed by atoms with van der Waals surface area (Å²) in [5, 5.41) is 8.75. The maximum absolute atomic E-state index is 13.9. The Labute approximate surface area is 134 Å². The van der Waals surface area contributed by atoms with E-state index >= 15 is 0 Å². The molecule has 0 bridgehead atoms. The SMILES string of the molecule is [B]c1ccc(-c2ccc(-c3ccc(C#N)c(F)c3)cc2)c(F)c1. The molecule has 2 radical (unpaired) electrons. The number of benzene rings is 3. The minimum atomic E-state index is -0.557. The first kappa shape index (κ1) is 15.0. The van der Waals surface area contributed by atoms with Gasteiger partial charge in [-0.3, -0.25) is 0 Å². The molecule has 23 heavy (non-hydrogen) atoms. The van der Waals surface area contributed by atoms with E-state index in [2.05, 4.69) is 0 Å². The van der Waals surface area contributed by atoms with E-state index in [-0.39, 0.29) is 11.4 Å². The van der Waals surface area contributed by atoms with Gasteiger partial charge in [0.05, 0.1) is 5.56 Å². The zero-order valence-electron chi connectivity index (χ0n) is 12.1. The molecule has 0 amide bonds. The number of hydrogen-bond donors (Lipinski definition) is 0. The van der Waals surface area contributed by atoms with Gasteiger partial charge in [-0.05, 0) is 34.9 Å². The molecule has 108 valence electrons. The molecular weight excluding hydrogens is 291 g/mol. The molecule has 0 atom stereocenters. The van der Waals surface area contributed by atoms with Crippen molar-refractivity contribution < 1.29 is 8.78 Å². The van der Waals surface area contributed by atoms with Gasteiger partial charge in [0.25, 0.3) is 0 Å². The molecule has 0 aliphatic carbocycles. The van der Waals surface area contributed by atoms with E-state index in [0.29, 0.717) is 22.2 Å². The number of nitriles is 1. The van der Waals surface area contributed by atoms with E-state index in [1.54, 1.807) is 48.5 Å². The predicted octanol–water partition coefficient (Wildman–Crippen LogP) is 3.96. The van der Waals surface area contributed by atoms with Gasteiger partial charge < -0.3 is 0 Å². The highest BCUT2D eigenvalue weighted by atomic mass is 19.1. The van der Waals surface area contributed by atoms with Crippen molar-refractivity contribution in [2.45, 2.75) is 0 Å². The Morgan fingerprint density at radius 3 is 2.00 bits per heavy atom. The third kappa shape index (κ3) is 3.00. The van der Waals surface area contributed by atoms with Crippen LogP contribution in [0.5, 0.6) is 0 Å². The van der Waals surface area contributed by atoms with Gasteiger partial charge >= 0.3 is 0 Å². The zero-order valence-corrected chi connectivity index (χ0v) is 12.1. The number of nitrogens with zero attached hydrogens (tertiary/aromatic N) is 1. The largest absolute Gasteiger partial charge is 0.206 e. The molecule has 0 saturated heterocycles. The first-order valence-corrected chi connectivity index (χ1v) is 6.94. The quantitative estimate of drug-likeness (QED) is 0.657. The molecule has 0 spiro atoms. The van der Waals surface area contributed by atoms with Gasteiger partial charge in [0.1, 0.15) is 25.5 Å². The summed E-state index contributed by atoms with van der Waals surface area (Å²) < 4.78 is 27.6. The van der Waals surface area contributed by atoms with Crippen molar-refractivity contribution in [3.8, 4) is 28.3 Å². The third-order valence-corrected chi connectivity index (χ3v) is 3.61. The van der Waals surface area contributed by atoms with Gasteiger partial charge in [-0.1, -0.05) is 47.9 Å². The number of halogens is 2. The van der Waals surface area contributed by atoms with Crippen LogP contribution in [0.1, 0.15) is 5.56 Å². The smallest absolute Gasteiger partial charge is 0.141 e. The third-order valence-electron chi connectivity index (χ3n) is 3.61. The van der Waals surface area contributed by atoms with Crippen molar-refractivity contribution in [1.82, 2.24) is 0 Å². The molecule has 0 saturated carbocycles. The number of rotatable bonds is 2. The maximum Gasteiger partial charge on any atom is 0.141 e. The highest BCUT2D eigenvalue weighted by Gasteiger charge is 2.07. The van der Waals surface area contributed by atoms with Crippen LogP contribution in [0.3, 0.4) is 0 Å². The van der Waals surface area contributed by atoms with Crippen molar-refractivity contribution in [2.75, 3.05) is 0 Å². The van der Waals surface area contributed by atoms with E-state index < -0.39 is 5.82 Å². The lowest BCUT2D eigenvalue weighted by Crippen LogP contribution is -2.02. The van der Waals surface area contributed by atoms with E-state index in [0.717, 1.165) is 5.56 Å². The lowest BCUT2D eigenvalue weighted by molar-refractivity contribution is 0.624. The molecule has 3 rings (SSSR count). The van der Waals surface area contributed by atoms with Crippen LogP contribution in [-0.4, -0.2) is 7.85 Å². The fourth-order valence-corrected chi connectivity index (χ4v) is 2.39. The van der Waals surface area contributed by atoms with Gasteiger partial charge in [0, 0.05) is 5.56 Å². The summed E-state index contributed by atoms with van der Waals surface area (Å²) in [6.45, 7) is 0. The molecule has 3 aromatic rings. The fraction of sp³-hybridized carbons (Fsp3) is 0. The van der Waals surface area contributed by atoms with Crippen LogP contribution in [0.2, 0.25) is 0 Å². The Kier molecular flexibility index (Phi) is 3.95. The van der Waals surface area contributed by atoms with Gasteiger partial charge in [0.15, 0.2) is 0 Å². The van der Waals surface area contributed by atoms with E-state index in [1.807, 2.05) is 0 Å². The minimum Gasteiger partial charge on any atom is -0.206 e. The second-order valence-corrected chi connectivity index (χ2v) is 5.12. The molecule has 0 aliphatic heterocycles. The molecule has 0 aliphatic rings. The molecule has 0 N–H and O–H groups in total. The van der Waals surface area contributed by atoms with Crippen molar-refractivity contribution in [3.63, 3.8) is 0 Å². The Bertz CT molecular complexity index is 912. The summed E-state index contributed by atoms with van der Waals surface area (Å²) >= 11 is 0. The van der Waals surface area contributed by atoms with Crippen LogP contribution >= 0.6 is 0 Å².